The Hall–Kier alpha value is -0.0800. The van der Waals surface area contributed by atoms with Gasteiger partial charge in [0.05, 0.1) is 0 Å². The predicted octanol–water partition coefficient (Wildman–Crippen LogP) is 2.28. The predicted molar refractivity (Wildman–Crippen MR) is 62.3 cm³/mol. The first-order valence-corrected chi connectivity index (χ1v) is 6.19. The van der Waals surface area contributed by atoms with E-state index in [-0.39, 0.29) is 0 Å². The Bertz CT molecular complexity index is 152. The largest absolute Gasteiger partial charge is 0.327 e. The summed E-state index contributed by atoms with van der Waals surface area (Å²) in [7, 11) is 0. The van der Waals surface area contributed by atoms with Crippen LogP contribution in [0, 0.1) is 5.41 Å². The molecule has 14 heavy (non-hydrogen) atoms. The lowest BCUT2D eigenvalue weighted by Gasteiger charge is -2.17. The normalized spacial score (nSPS) is 20.8. The molecule has 2 heteroatoms. The molecule has 0 aliphatic heterocycles. The van der Waals surface area contributed by atoms with Gasteiger partial charge in [-0.05, 0) is 31.1 Å². The van der Waals surface area contributed by atoms with E-state index in [2.05, 4.69) is 19.2 Å². The quantitative estimate of drug-likeness (QED) is 0.628. The van der Waals surface area contributed by atoms with Crippen LogP contribution >= 0.6 is 0 Å². The van der Waals surface area contributed by atoms with E-state index in [1.54, 1.807) is 0 Å². The number of rotatable bonds is 8. The summed E-state index contributed by atoms with van der Waals surface area (Å²) in [6.45, 7) is 6.67. The van der Waals surface area contributed by atoms with Crippen molar-refractivity contribution in [3.63, 3.8) is 0 Å². The Labute approximate surface area is 88.6 Å². The second kappa shape index (κ2) is 5.72. The molecule has 0 aromatic heterocycles. The minimum Gasteiger partial charge on any atom is -0.327 e. The van der Waals surface area contributed by atoms with Crippen LogP contribution in [0.4, 0.5) is 0 Å². The fraction of sp³-hybridized carbons (Fsp3) is 1.00. The van der Waals surface area contributed by atoms with E-state index in [4.69, 9.17) is 5.73 Å². The lowest BCUT2D eigenvalue weighted by Crippen LogP contribution is -2.36. The molecular weight excluding hydrogens is 172 g/mol. The van der Waals surface area contributed by atoms with E-state index in [1.165, 1.54) is 38.6 Å². The van der Waals surface area contributed by atoms with Crippen molar-refractivity contribution in [2.75, 3.05) is 13.1 Å². The first kappa shape index (κ1) is 12.0. The van der Waals surface area contributed by atoms with E-state index in [0.29, 0.717) is 11.5 Å². The number of hydrogen-bond acceptors (Lipinski definition) is 2. The van der Waals surface area contributed by atoms with Crippen LogP contribution in [-0.2, 0) is 0 Å². The summed E-state index contributed by atoms with van der Waals surface area (Å²) in [6, 6.07) is 0.359. The maximum Gasteiger partial charge on any atom is 0.0165 e. The van der Waals surface area contributed by atoms with E-state index in [9.17, 15) is 0 Å². The van der Waals surface area contributed by atoms with Crippen molar-refractivity contribution in [2.24, 2.45) is 11.1 Å². The summed E-state index contributed by atoms with van der Waals surface area (Å²) in [5, 5.41) is 3.53. The summed E-state index contributed by atoms with van der Waals surface area (Å²) in [5.41, 5.74) is 6.61. The summed E-state index contributed by atoms with van der Waals surface area (Å²) < 4.78 is 0. The summed E-state index contributed by atoms with van der Waals surface area (Å²) in [4.78, 5) is 0. The molecule has 1 unspecified atom stereocenters. The molecule has 0 amide bonds. The molecule has 1 atom stereocenters. The first-order valence-electron chi connectivity index (χ1n) is 6.19. The molecule has 1 fully saturated rings. The lowest BCUT2D eigenvalue weighted by atomic mass is 10.0. The standard InChI is InChI=1S/C12H26N2/c1-3-5-11(13)9-14-10-12(6-4-2)7-8-12/h11,14H,3-10,13H2,1-2H3. The van der Waals surface area contributed by atoms with E-state index < -0.39 is 0 Å². The maximum absolute atomic E-state index is 5.95. The maximum atomic E-state index is 5.95. The zero-order valence-electron chi connectivity index (χ0n) is 9.81. The van der Waals surface area contributed by atoms with Crippen molar-refractivity contribution in [2.45, 2.75) is 58.4 Å². The van der Waals surface area contributed by atoms with Crippen LogP contribution in [0.25, 0.3) is 0 Å². The first-order chi connectivity index (χ1) is 6.72. The number of hydrogen-bond donors (Lipinski definition) is 2. The van der Waals surface area contributed by atoms with Gasteiger partial charge in [0.2, 0.25) is 0 Å². The average molecular weight is 198 g/mol. The molecule has 3 N–H and O–H groups in total. The van der Waals surface area contributed by atoms with Gasteiger partial charge in [0, 0.05) is 19.1 Å². The molecule has 0 aromatic rings. The summed E-state index contributed by atoms with van der Waals surface area (Å²) >= 11 is 0. The Kier molecular flexibility index (Phi) is 4.90. The second-order valence-corrected chi connectivity index (χ2v) is 4.93. The van der Waals surface area contributed by atoms with Crippen LogP contribution in [-0.4, -0.2) is 19.1 Å². The SMILES string of the molecule is CCCC(N)CNCC1(CCC)CC1. The molecule has 84 valence electrons. The Morgan fingerprint density at radius 2 is 2.00 bits per heavy atom. The molecule has 0 radical (unpaired) electrons. The molecule has 1 aliphatic rings. The highest BCUT2D eigenvalue weighted by Crippen LogP contribution is 2.48. The molecule has 1 rings (SSSR count). The third-order valence-corrected chi connectivity index (χ3v) is 3.30. The van der Waals surface area contributed by atoms with E-state index >= 15 is 0 Å². The van der Waals surface area contributed by atoms with E-state index in [1.807, 2.05) is 0 Å². The molecule has 0 aromatic carbocycles. The van der Waals surface area contributed by atoms with Gasteiger partial charge in [0.15, 0.2) is 0 Å². The zero-order valence-corrected chi connectivity index (χ0v) is 9.81. The Morgan fingerprint density at radius 3 is 2.50 bits per heavy atom. The van der Waals surface area contributed by atoms with Gasteiger partial charge in [-0.1, -0.05) is 26.7 Å². The van der Waals surface area contributed by atoms with Gasteiger partial charge < -0.3 is 11.1 Å². The fourth-order valence-electron chi connectivity index (χ4n) is 2.22. The highest BCUT2D eigenvalue weighted by atomic mass is 14.9. The van der Waals surface area contributed by atoms with Crippen LogP contribution < -0.4 is 11.1 Å². The van der Waals surface area contributed by atoms with Gasteiger partial charge in [-0.15, -0.1) is 0 Å². The van der Waals surface area contributed by atoms with Crippen molar-refractivity contribution in [3.8, 4) is 0 Å². The van der Waals surface area contributed by atoms with Gasteiger partial charge in [0.1, 0.15) is 0 Å². The highest BCUT2D eigenvalue weighted by Gasteiger charge is 2.40. The minimum absolute atomic E-state index is 0.359. The third kappa shape index (κ3) is 3.97. The Morgan fingerprint density at radius 1 is 1.29 bits per heavy atom. The molecule has 0 saturated heterocycles. The van der Waals surface area contributed by atoms with Gasteiger partial charge in [-0.2, -0.15) is 0 Å². The molecule has 0 spiro atoms. The monoisotopic (exact) mass is 198 g/mol. The van der Waals surface area contributed by atoms with Crippen molar-refractivity contribution in [1.29, 1.82) is 0 Å². The molecule has 2 nitrogen and oxygen atoms in total. The third-order valence-electron chi connectivity index (χ3n) is 3.30. The fourth-order valence-corrected chi connectivity index (χ4v) is 2.22. The average Bonchev–Trinajstić information content (AvgIpc) is 2.86. The van der Waals surface area contributed by atoms with Crippen LogP contribution in [0.2, 0.25) is 0 Å². The molecule has 1 saturated carbocycles. The summed E-state index contributed by atoms with van der Waals surface area (Å²) in [5.74, 6) is 0. The minimum atomic E-state index is 0.359. The van der Waals surface area contributed by atoms with Crippen LogP contribution in [0.3, 0.4) is 0 Å². The molecule has 1 aliphatic carbocycles. The summed E-state index contributed by atoms with van der Waals surface area (Å²) in [6.07, 6.45) is 7.91. The van der Waals surface area contributed by atoms with Crippen molar-refractivity contribution in [3.05, 3.63) is 0 Å². The number of nitrogens with one attached hydrogen (secondary N) is 1. The van der Waals surface area contributed by atoms with Gasteiger partial charge in [-0.3, -0.25) is 0 Å². The topological polar surface area (TPSA) is 38.0 Å². The lowest BCUT2D eigenvalue weighted by molar-refractivity contribution is 0.407. The van der Waals surface area contributed by atoms with Gasteiger partial charge in [0.25, 0.3) is 0 Å². The second-order valence-electron chi connectivity index (χ2n) is 4.93. The van der Waals surface area contributed by atoms with Crippen molar-refractivity contribution >= 4 is 0 Å². The van der Waals surface area contributed by atoms with Gasteiger partial charge in [-0.25, -0.2) is 0 Å². The van der Waals surface area contributed by atoms with Gasteiger partial charge >= 0.3 is 0 Å². The van der Waals surface area contributed by atoms with Crippen molar-refractivity contribution in [1.82, 2.24) is 5.32 Å². The highest BCUT2D eigenvalue weighted by molar-refractivity contribution is 4.94. The van der Waals surface area contributed by atoms with E-state index in [0.717, 1.165) is 13.0 Å². The zero-order chi connectivity index (χ0) is 10.4. The Balaban J connectivity index is 2.03. The smallest absolute Gasteiger partial charge is 0.0165 e. The molecule has 0 bridgehead atoms. The van der Waals surface area contributed by atoms with Crippen LogP contribution in [0.15, 0.2) is 0 Å². The molecule has 0 heterocycles. The number of nitrogens with two attached hydrogens (primary N) is 1. The van der Waals surface area contributed by atoms with Crippen LogP contribution in [0.5, 0.6) is 0 Å². The van der Waals surface area contributed by atoms with Crippen LogP contribution in [0.1, 0.15) is 52.4 Å². The molecular formula is C12H26N2. The van der Waals surface area contributed by atoms with Crippen molar-refractivity contribution < 1.29 is 0 Å².